The van der Waals surface area contributed by atoms with Crippen molar-refractivity contribution in [2.45, 2.75) is 0 Å². The van der Waals surface area contributed by atoms with Crippen molar-refractivity contribution >= 4 is 23.5 Å². The molecule has 7 heteroatoms. The minimum atomic E-state index is -0.398. The standard InChI is InChI=1S/C10H11ClO3.C8H8O3/c1-13-10(12)8-2-4-9(5-3-8)14-7-6-11;1-11-8(10)6-2-4-7(9)5-3-6/h2-5H,6-7H2,1H3;2-5,9H,1H3. The number of halogens is 1. The van der Waals surface area contributed by atoms with E-state index in [9.17, 15) is 9.59 Å². The van der Waals surface area contributed by atoms with E-state index >= 15 is 0 Å². The maximum absolute atomic E-state index is 11.1. The average Bonchev–Trinajstić information content (AvgIpc) is 2.66. The molecule has 2 rings (SSSR count). The smallest absolute Gasteiger partial charge is 0.337 e. The number of carbonyl (C=O) groups excluding carboxylic acids is 2. The van der Waals surface area contributed by atoms with Crippen LogP contribution >= 0.6 is 11.6 Å². The van der Waals surface area contributed by atoms with Gasteiger partial charge in [-0.05, 0) is 48.5 Å². The number of phenolic OH excluding ortho intramolecular Hbond substituents is 1. The van der Waals surface area contributed by atoms with E-state index in [0.717, 1.165) is 0 Å². The summed E-state index contributed by atoms with van der Waals surface area (Å²) in [6.07, 6.45) is 0. The summed E-state index contributed by atoms with van der Waals surface area (Å²) < 4.78 is 14.3. The molecule has 2 aromatic rings. The van der Waals surface area contributed by atoms with Gasteiger partial charge in [0.2, 0.25) is 0 Å². The summed E-state index contributed by atoms with van der Waals surface area (Å²) in [6.45, 7) is 0.457. The largest absolute Gasteiger partial charge is 0.508 e. The van der Waals surface area contributed by atoms with Crippen molar-refractivity contribution < 1.29 is 28.9 Å². The highest BCUT2D eigenvalue weighted by molar-refractivity contribution is 6.18. The van der Waals surface area contributed by atoms with Gasteiger partial charge in [0.1, 0.15) is 18.1 Å². The number of rotatable bonds is 5. The van der Waals surface area contributed by atoms with Crippen molar-refractivity contribution in [2.24, 2.45) is 0 Å². The Morgan fingerprint density at radius 2 is 1.32 bits per heavy atom. The monoisotopic (exact) mass is 366 g/mol. The molecular formula is C18H19ClO6. The predicted molar refractivity (Wildman–Crippen MR) is 93.4 cm³/mol. The Labute approximate surface area is 150 Å². The molecule has 0 heterocycles. The van der Waals surface area contributed by atoms with Crippen LogP contribution in [0.25, 0.3) is 0 Å². The molecular weight excluding hydrogens is 348 g/mol. The molecule has 6 nitrogen and oxygen atoms in total. The molecule has 1 N–H and O–H groups in total. The number of phenols is 1. The second kappa shape index (κ2) is 10.9. The van der Waals surface area contributed by atoms with Gasteiger partial charge in [-0.15, -0.1) is 11.6 Å². The van der Waals surface area contributed by atoms with Crippen molar-refractivity contribution in [1.82, 2.24) is 0 Å². The molecule has 0 aliphatic heterocycles. The molecule has 0 saturated heterocycles. The van der Waals surface area contributed by atoms with Crippen LogP contribution in [0.15, 0.2) is 48.5 Å². The molecule has 0 spiro atoms. The van der Waals surface area contributed by atoms with Gasteiger partial charge in [-0.2, -0.15) is 0 Å². The molecule has 0 bridgehead atoms. The van der Waals surface area contributed by atoms with Crippen molar-refractivity contribution in [1.29, 1.82) is 0 Å². The Morgan fingerprint density at radius 1 is 0.880 bits per heavy atom. The quantitative estimate of drug-likeness (QED) is 0.646. The van der Waals surface area contributed by atoms with E-state index < -0.39 is 5.97 Å². The molecule has 0 saturated carbocycles. The van der Waals surface area contributed by atoms with Crippen LogP contribution in [0.5, 0.6) is 11.5 Å². The number of aromatic hydroxyl groups is 1. The molecule has 25 heavy (non-hydrogen) atoms. The fourth-order valence-corrected chi connectivity index (χ4v) is 1.75. The zero-order valence-corrected chi connectivity index (χ0v) is 14.7. The van der Waals surface area contributed by atoms with Gasteiger partial charge in [0.05, 0.1) is 31.2 Å². The molecule has 0 aromatic heterocycles. The number of benzene rings is 2. The maximum atomic E-state index is 11.1. The second-order valence-electron chi connectivity index (χ2n) is 4.59. The highest BCUT2D eigenvalue weighted by Crippen LogP contribution is 2.12. The van der Waals surface area contributed by atoms with E-state index in [-0.39, 0.29) is 11.7 Å². The van der Waals surface area contributed by atoms with E-state index in [1.807, 2.05) is 0 Å². The number of methoxy groups -OCH3 is 2. The zero-order valence-electron chi connectivity index (χ0n) is 13.9. The van der Waals surface area contributed by atoms with Gasteiger partial charge in [-0.1, -0.05) is 0 Å². The van der Waals surface area contributed by atoms with Crippen LogP contribution in [-0.2, 0) is 9.47 Å². The molecule has 0 radical (unpaired) electrons. The van der Waals surface area contributed by atoms with E-state index in [0.29, 0.717) is 29.4 Å². The first kappa shape index (κ1) is 20.3. The molecule has 0 unspecified atom stereocenters. The van der Waals surface area contributed by atoms with Crippen LogP contribution in [0.2, 0.25) is 0 Å². The van der Waals surface area contributed by atoms with Gasteiger partial charge in [0.15, 0.2) is 0 Å². The number of hydrogen-bond donors (Lipinski definition) is 1. The molecule has 0 aliphatic carbocycles. The predicted octanol–water partition coefficient (Wildman–Crippen LogP) is 3.27. The summed E-state index contributed by atoms with van der Waals surface area (Å²) in [5, 5.41) is 8.86. The highest BCUT2D eigenvalue weighted by Gasteiger charge is 2.04. The van der Waals surface area contributed by atoms with Crippen LogP contribution in [0.3, 0.4) is 0 Å². The SMILES string of the molecule is COC(=O)c1ccc(O)cc1.COC(=O)c1ccc(OCCCl)cc1. The summed E-state index contributed by atoms with van der Waals surface area (Å²) in [5.74, 6) is 0.522. The van der Waals surface area contributed by atoms with Crippen LogP contribution in [0.4, 0.5) is 0 Å². The fraction of sp³-hybridized carbons (Fsp3) is 0.222. The summed E-state index contributed by atoms with van der Waals surface area (Å²) in [4.78, 5) is 21.9. The lowest BCUT2D eigenvalue weighted by Crippen LogP contribution is -2.02. The maximum Gasteiger partial charge on any atom is 0.337 e. The summed E-state index contributed by atoms with van der Waals surface area (Å²) in [6, 6.07) is 12.6. The third-order valence-electron chi connectivity index (χ3n) is 2.91. The van der Waals surface area contributed by atoms with Crippen molar-refractivity contribution in [3.8, 4) is 11.5 Å². The lowest BCUT2D eigenvalue weighted by molar-refractivity contribution is 0.0592. The molecule has 2 aromatic carbocycles. The van der Waals surface area contributed by atoms with Crippen LogP contribution in [0, 0.1) is 0 Å². The van der Waals surface area contributed by atoms with Crippen molar-refractivity contribution in [3.05, 3.63) is 59.7 Å². The van der Waals surface area contributed by atoms with E-state index in [2.05, 4.69) is 9.47 Å². The third kappa shape index (κ3) is 7.14. The van der Waals surface area contributed by atoms with Gasteiger partial charge in [-0.3, -0.25) is 0 Å². The van der Waals surface area contributed by atoms with Gasteiger partial charge in [0, 0.05) is 0 Å². The van der Waals surface area contributed by atoms with Crippen LogP contribution < -0.4 is 4.74 Å². The molecule has 0 aliphatic rings. The number of carbonyl (C=O) groups is 2. The minimum Gasteiger partial charge on any atom is -0.508 e. The van der Waals surface area contributed by atoms with Crippen molar-refractivity contribution in [2.75, 3.05) is 26.7 Å². The first-order valence-corrected chi connectivity index (χ1v) is 7.79. The molecule has 0 amide bonds. The van der Waals surface area contributed by atoms with Gasteiger partial charge >= 0.3 is 11.9 Å². The number of esters is 2. The fourth-order valence-electron chi connectivity index (χ4n) is 1.68. The Morgan fingerprint density at radius 3 is 1.72 bits per heavy atom. The minimum absolute atomic E-state index is 0.137. The normalized spacial score (nSPS) is 9.40. The first-order valence-electron chi connectivity index (χ1n) is 7.26. The third-order valence-corrected chi connectivity index (χ3v) is 3.06. The topological polar surface area (TPSA) is 82.1 Å². The second-order valence-corrected chi connectivity index (χ2v) is 4.97. The summed E-state index contributed by atoms with van der Waals surface area (Å²) in [7, 11) is 2.66. The average molecular weight is 367 g/mol. The first-order chi connectivity index (χ1) is 12.0. The number of hydrogen-bond acceptors (Lipinski definition) is 6. The van der Waals surface area contributed by atoms with Crippen LogP contribution in [-0.4, -0.2) is 43.8 Å². The number of ether oxygens (including phenoxy) is 3. The van der Waals surface area contributed by atoms with E-state index in [1.54, 1.807) is 24.3 Å². The number of alkyl halides is 1. The summed E-state index contributed by atoms with van der Waals surface area (Å²) in [5.41, 5.74) is 0.941. The lowest BCUT2D eigenvalue weighted by atomic mass is 10.2. The highest BCUT2D eigenvalue weighted by atomic mass is 35.5. The Balaban J connectivity index is 0.000000257. The Kier molecular flexibility index (Phi) is 8.89. The van der Waals surface area contributed by atoms with Gasteiger partial charge < -0.3 is 19.3 Å². The van der Waals surface area contributed by atoms with E-state index in [4.69, 9.17) is 21.4 Å². The molecule has 0 fully saturated rings. The van der Waals surface area contributed by atoms with E-state index in [1.165, 1.54) is 38.5 Å². The Hall–Kier alpha value is -2.73. The molecule has 134 valence electrons. The molecule has 0 atom stereocenters. The van der Waals surface area contributed by atoms with Crippen molar-refractivity contribution in [3.63, 3.8) is 0 Å². The zero-order chi connectivity index (χ0) is 18.7. The summed E-state index contributed by atoms with van der Waals surface area (Å²) >= 11 is 5.46. The van der Waals surface area contributed by atoms with Gasteiger partial charge in [-0.25, -0.2) is 9.59 Å². The lowest BCUT2D eigenvalue weighted by Gasteiger charge is -2.04. The Bertz CT molecular complexity index is 667. The van der Waals surface area contributed by atoms with Gasteiger partial charge in [0.25, 0.3) is 0 Å². The van der Waals surface area contributed by atoms with Crippen LogP contribution in [0.1, 0.15) is 20.7 Å².